The zero-order chi connectivity index (χ0) is 18.1. The molecule has 0 aliphatic carbocycles. The Morgan fingerprint density at radius 2 is 2.00 bits per heavy atom. The highest BCUT2D eigenvalue weighted by molar-refractivity contribution is 6.30. The van der Waals surface area contributed by atoms with Gasteiger partial charge in [0, 0.05) is 37.1 Å². The molecule has 0 bridgehead atoms. The lowest BCUT2D eigenvalue weighted by molar-refractivity contribution is -0.141. The summed E-state index contributed by atoms with van der Waals surface area (Å²) in [6.07, 6.45) is 1.25. The molecule has 1 unspecified atom stereocenters. The van der Waals surface area contributed by atoms with Crippen molar-refractivity contribution < 1.29 is 19.1 Å². The Morgan fingerprint density at radius 1 is 1.27 bits per heavy atom. The van der Waals surface area contributed by atoms with E-state index < -0.39 is 6.10 Å². The molecule has 4 rings (SSSR count). The van der Waals surface area contributed by atoms with Crippen molar-refractivity contribution in [3.8, 4) is 0 Å². The summed E-state index contributed by atoms with van der Waals surface area (Å²) in [5, 5.41) is 11.0. The van der Waals surface area contributed by atoms with E-state index in [9.17, 15) is 9.90 Å². The summed E-state index contributed by atoms with van der Waals surface area (Å²) in [6.45, 7) is 2.34. The summed E-state index contributed by atoms with van der Waals surface area (Å²) in [4.78, 5) is 18.9. The Morgan fingerprint density at radius 3 is 2.73 bits per heavy atom. The monoisotopic (exact) mass is 376 g/mol. The smallest absolute Gasteiger partial charge is 0.256 e. The van der Waals surface area contributed by atoms with Gasteiger partial charge in [-0.15, -0.1) is 0 Å². The van der Waals surface area contributed by atoms with Gasteiger partial charge in [0.2, 0.25) is 0 Å². The molecule has 2 aliphatic heterocycles. The molecule has 0 saturated carbocycles. The fraction of sp³-hybridized carbons (Fsp3) is 0.474. The van der Waals surface area contributed by atoms with Crippen molar-refractivity contribution in [3.05, 3.63) is 52.2 Å². The van der Waals surface area contributed by atoms with E-state index in [0.29, 0.717) is 30.1 Å². The zero-order valence-corrected chi connectivity index (χ0v) is 15.1. The first-order valence-electron chi connectivity index (χ1n) is 8.90. The largest absolute Gasteiger partial charge is 0.445 e. The van der Waals surface area contributed by atoms with Crippen molar-refractivity contribution in [1.82, 2.24) is 9.88 Å². The molecule has 1 aromatic carbocycles. The summed E-state index contributed by atoms with van der Waals surface area (Å²) in [5.41, 5.74) is 1.34. The van der Waals surface area contributed by atoms with Gasteiger partial charge in [-0.2, -0.15) is 0 Å². The third-order valence-electron chi connectivity index (χ3n) is 5.05. The molecule has 3 heterocycles. The number of ether oxygens (including phenoxy) is 1. The Bertz CT molecular complexity index is 783. The van der Waals surface area contributed by atoms with Gasteiger partial charge in [0.1, 0.15) is 11.5 Å². The van der Waals surface area contributed by atoms with Gasteiger partial charge in [0.15, 0.2) is 12.0 Å². The number of nitrogens with zero attached hydrogens (tertiary/aromatic N) is 2. The maximum absolute atomic E-state index is 12.7. The average molecular weight is 377 g/mol. The summed E-state index contributed by atoms with van der Waals surface area (Å²) in [5.74, 6) is 1.58. The van der Waals surface area contributed by atoms with Gasteiger partial charge >= 0.3 is 0 Å². The number of aromatic nitrogens is 1. The van der Waals surface area contributed by atoms with E-state index in [-0.39, 0.29) is 11.8 Å². The molecule has 1 amide bonds. The van der Waals surface area contributed by atoms with Crippen molar-refractivity contribution in [2.45, 2.75) is 37.8 Å². The van der Waals surface area contributed by atoms with Crippen molar-refractivity contribution >= 4 is 17.5 Å². The standard InChI is InChI=1S/C19H21ClN2O4/c20-14-3-1-12(2-4-14)17(23)19(24)22-8-5-16-15(11-22)21-18(26-16)13-6-9-25-10-7-13/h1-4,13,17,23H,5-11H2. The first-order chi connectivity index (χ1) is 12.6. The van der Waals surface area contributed by atoms with Crippen LogP contribution < -0.4 is 0 Å². The predicted octanol–water partition coefficient (Wildman–Crippen LogP) is 2.84. The van der Waals surface area contributed by atoms with Crippen molar-refractivity contribution in [1.29, 1.82) is 0 Å². The third-order valence-corrected chi connectivity index (χ3v) is 5.30. The molecule has 6 nitrogen and oxygen atoms in total. The molecule has 1 N–H and O–H groups in total. The van der Waals surface area contributed by atoms with Crippen LogP contribution >= 0.6 is 11.6 Å². The SMILES string of the molecule is O=C(C(O)c1ccc(Cl)cc1)N1CCc2oc(C3CCOCC3)nc2C1. The number of aliphatic hydroxyl groups is 1. The van der Waals surface area contributed by atoms with E-state index in [1.807, 2.05) is 0 Å². The van der Waals surface area contributed by atoms with E-state index in [4.69, 9.17) is 20.8 Å². The number of aliphatic hydroxyl groups excluding tert-OH is 1. The lowest BCUT2D eigenvalue weighted by Crippen LogP contribution is -2.38. The van der Waals surface area contributed by atoms with Crippen LogP contribution in [-0.2, 0) is 22.5 Å². The van der Waals surface area contributed by atoms with E-state index in [1.165, 1.54) is 0 Å². The maximum Gasteiger partial charge on any atom is 0.256 e. The van der Waals surface area contributed by atoms with Crippen LogP contribution in [0.1, 0.15) is 47.8 Å². The highest BCUT2D eigenvalue weighted by atomic mass is 35.5. The molecule has 138 valence electrons. The summed E-state index contributed by atoms with van der Waals surface area (Å²) < 4.78 is 11.3. The molecule has 26 heavy (non-hydrogen) atoms. The number of halogens is 1. The molecular weight excluding hydrogens is 356 g/mol. The van der Waals surface area contributed by atoms with Gasteiger partial charge in [-0.3, -0.25) is 4.79 Å². The minimum absolute atomic E-state index is 0.290. The number of hydrogen-bond acceptors (Lipinski definition) is 5. The van der Waals surface area contributed by atoms with Crippen LogP contribution in [0.5, 0.6) is 0 Å². The topological polar surface area (TPSA) is 75.8 Å². The van der Waals surface area contributed by atoms with Crippen molar-refractivity contribution in [2.24, 2.45) is 0 Å². The van der Waals surface area contributed by atoms with E-state index >= 15 is 0 Å². The summed E-state index contributed by atoms with van der Waals surface area (Å²) in [7, 11) is 0. The molecule has 0 radical (unpaired) electrons. The Kier molecular flexibility index (Phi) is 4.98. The average Bonchev–Trinajstić information content (AvgIpc) is 3.11. The van der Waals surface area contributed by atoms with Gasteiger partial charge in [-0.25, -0.2) is 4.98 Å². The van der Waals surface area contributed by atoms with Gasteiger partial charge < -0.3 is 19.2 Å². The van der Waals surface area contributed by atoms with E-state index in [1.54, 1.807) is 29.2 Å². The summed E-state index contributed by atoms with van der Waals surface area (Å²) in [6, 6.07) is 6.66. The van der Waals surface area contributed by atoms with Gasteiger partial charge in [0.05, 0.1) is 6.54 Å². The fourth-order valence-corrected chi connectivity index (χ4v) is 3.61. The minimum Gasteiger partial charge on any atom is -0.445 e. The molecule has 1 saturated heterocycles. The molecule has 7 heteroatoms. The van der Waals surface area contributed by atoms with Crippen molar-refractivity contribution in [2.75, 3.05) is 19.8 Å². The van der Waals surface area contributed by atoms with E-state index in [0.717, 1.165) is 43.4 Å². The maximum atomic E-state index is 12.7. The second-order valence-electron chi connectivity index (χ2n) is 6.77. The van der Waals surface area contributed by atoms with Gasteiger partial charge in [0.25, 0.3) is 5.91 Å². The second-order valence-corrected chi connectivity index (χ2v) is 7.21. The Balaban J connectivity index is 1.46. The minimum atomic E-state index is -1.20. The molecule has 1 atom stereocenters. The first kappa shape index (κ1) is 17.5. The number of carbonyl (C=O) groups is 1. The normalized spacial score (nSPS) is 19.2. The predicted molar refractivity (Wildman–Crippen MR) is 94.8 cm³/mol. The Labute approximate surface area is 156 Å². The van der Waals surface area contributed by atoms with Crippen LogP contribution in [-0.4, -0.2) is 40.7 Å². The number of fused-ring (bicyclic) bond motifs is 1. The van der Waals surface area contributed by atoms with Crippen LogP contribution in [0.15, 0.2) is 28.7 Å². The summed E-state index contributed by atoms with van der Waals surface area (Å²) >= 11 is 5.86. The molecule has 2 aliphatic rings. The van der Waals surface area contributed by atoms with Crippen molar-refractivity contribution in [3.63, 3.8) is 0 Å². The molecule has 1 fully saturated rings. The molecular formula is C19H21ClN2O4. The molecule has 1 aromatic heterocycles. The van der Waals surface area contributed by atoms with Crippen LogP contribution in [0.25, 0.3) is 0 Å². The zero-order valence-electron chi connectivity index (χ0n) is 14.4. The number of hydrogen-bond donors (Lipinski definition) is 1. The highest BCUT2D eigenvalue weighted by Crippen LogP contribution is 2.30. The first-order valence-corrected chi connectivity index (χ1v) is 9.28. The van der Waals surface area contributed by atoms with Crippen LogP contribution in [0.2, 0.25) is 5.02 Å². The van der Waals surface area contributed by atoms with Gasteiger partial charge in [-0.1, -0.05) is 23.7 Å². The Hall–Kier alpha value is -1.89. The lowest BCUT2D eigenvalue weighted by atomic mass is 10.0. The number of rotatable bonds is 3. The second kappa shape index (κ2) is 7.39. The number of oxazole rings is 1. The van der Waals surface area contributed by atoms with Crippen LogP contribution in [0, 0.1) is 0 Å². The number of carbonyl (C=O) groups excluding carboxylic acids is 1. The van der Waals surface area contributed by atoms with Crippen LogP contribution in [0.3, 0.4) is 0 Å². The van der Waals surface area contributed by atoms with E-state index in [2.05, 4.69) is 4.98 Å². The van der Waals surface area contributed by atoms with Crippen LogP contribution in [0.4, 0.5) is 0 Å². The highest BCUT2D eigenvalue weighted by Gasteiger charge is 2.31. The fourth-order valence-electron chi connectivity index (χ4n) is 3.49. The lowest BCUT2D eigenvalue weighted by Gasteiger charge is -2.27. The number of benzene rings is 1. The number of amides is 1. The molecule has 0 spiro atoms. The third kappa shape index (κ3) is 3.49. The quantitative estimate of drug-likeness (QED) is 0.891. The van der Waals surface area contributed by atoms with Gasteiger partial charge in [-0.05, 0) is 30.5 Å². The molecule has 2 aromatic rings.